The Morgan fingerprint density at radius 1 is 1.14 bits per heavy atom. The Morgan fingerprint density at radius 3 is 2.52 bits per heavy atom. The third kappa shape index (κ3) is 5.12. The molecule has 1 aromatic carbocycles. The lowest BCUT2D eigenvalue weighted by atomic mass is 10.2. The molecule has 1 heterocycles. The van der Waals surface area contributed by atoms with E-state index in [1.54, 1.807) is 11.3 Å². The number of nitrogens with one attached hydrogen (secondary N) is 3. The van der Waals surface area contributed by atoms with Gasteiger partial charge in [0.25, 0.3) is 0 Å². The van der Waals surface area contributed by atoms with Crippen LogP contribution in [0.25, 0.3) is 0 Å². The molecule has 0 bridgehead atoms. The highest BCUT2D eigenvalue weighted by molar-refractivity contribution is 7.80. The number of likely N-dealkylation sites (N-methyl/N-ethyl adjacent to an activating group) is 1. The van der Waals surface area contributed by atoms with E-state index >= 15 is 0 Å². The molecule has 21 heavy (non-hydrogen) atoms. The fourth-order valence-corrected chi connectivity index (χ4v) is 3.22. The van der Waals surface area contributed by atoms with E-state index < -0.39 is 0 Å². The van der Waals surface area contributed by atoms with E-state index in [1.165, 1.54) is 15.3 Å². The third-order valence-corrected chi connectivity index (χ3v) is 4.62. The van der Waals surface area contributed by atoms with Gasteiger partial charge in [-0.05, 0) is 29.2 Å². The summed E-state index contributed by atoms with van der Waals surface area (Å²) in [6, 6.07) is 15.0. The van der Waals surface area contributed by atoms with Crippen LogP contribution >= 0.6 is 23.6 Å². The van der Waals surface area contributed by atoms with Gasteiger partial charge in [-0.3, -0.25) is 0 Å². The molecule has 0 aliphatic carbocycles. The summed E-state index contributed by atoms with van der Waals surface area (Å²) in [7, 11) is 4.35. The highest BCUT2D eigenvalue weighted by Crippen LogP contribution is 2.15. The van der Waals surface area contributed by atoms with E-state index in [2.05, 4.69) is 54.4 Å². The van der Waals surface area contributed by atoms with Gasteiger partial charge < -0.3 is 15.5 Å². The zero-order valence-electron chi connectivity index (χ0n) is 12.4. The molecule has 0 aliphatic rings. The average Bonchev–Trinajstić information content (AvgIpc) is 3.00. The lowest BCUT2D eigenvalue weighted by Crippen LogP contribution is -3.06. The number of thiocarbonyl (C=S) groups is 1. The number of benzene rings is 1. The van der Waals surface area contributed by atoms with Crippen molar-refractivity contribution in [2.45, 2.75) is 12.6 Å². The minimum absolute atomic E-state index is 0.418. The van der Waals surface area contributed by atoms with Gasteiger partial charge >= 0.3 is 0 Å². The molecule has 1 aromatic heterocycles. The summed E-state index contributed by atoms with van der Waals surface area (Å²) in [5.74, 6) is 0. The van der Waals surface area contributed by atoms with Gasteiger partial charge in [0.15, 0.2) is 5.11 Å². The molecule has 0 spiro atoms. The normalized spacial score (nSPS) is 12.1. The minimum Gasteiger partial charge on any atom is -0.359 e. The summed E-state index contributed by atoms with van der Waals surface area (Å²) in [6.07, 6.45) is 0. The Kier molecular flexibility index (Phi) is 6.17. The maximum Gasteiger partial charge on any atom is 0.166 e. The first-order valence-corrected chi connectivity index (χ1v) is 8.34. The molecule has 0 aliphatic heterocycles. The number of hydrogen-bond acceptors (Lipinski definition) is 2. The molecule has 3 nitrogen and oxygen atoms in total. The highest BCUT2D eigenvalue weighted by Gasteiger charge is 2.18. The highest BCUT2D eigenvalue weighted by atomic mass is 32.1. The van der Waals surface area contributed by atoms with Gasteiger partial charge in [0.2, 0.25) is 0 Å². The quantitative estimate of drug-likeness (QED) is 0.706. The molecule has 0 saturated heterocycles. The molecular weight excluding hydrogens is 298 g/mol. The molecule has 0 radical (unpaired) electrons. The van der Waals surface area contributed by atoms with E-state index in [4.69, 9.17) is 12.2 Å². The minimum atomic E-state index is 0.418. The van der Waals surface area contributed by atoms with E-state index in [1.807, 2.05) is 18.2 Å². The molecule has 1 atom stereocenters. The van der Waals surface area contributed by atoms with Gasteiger partial charge in [-0.25, -0.2) is 0 Å². The molecule has 0 unspecified atom stereocenters. The smallest absolute Gasteiger partial charge is 0.166 e. The molecule has 0 amide bonds. The van der Waals surface area contributed by atoms with Crippen LogP contribution in [0.5, 0.6) is 0 Å². The van der Waals surface area contributed by atoms with Crippen molar-refractivity contribution in [2.75, 3.05) is 20.6 Å². The summed E-state index contributed by atoms with van der Waals surface area (Å²) in [4.78, 5) is 2.78. The molecule has 112 valence electrons. The van der Waals surface area contributed by atoms with Crippen LogP contribution in [0.1, 0.15) is 16.5 Å². The molecule has 2 aromatic rings. The van der Waals surface area contributed by atoms with Crippen LogP contribution in [0.15, 0.2) is 47.8 Å². The van der Waals surface area contributed by atoms with Crippen molar-refractivity contribution in [3.8, 4) is 0 Å². The molecule has 0 fully saturated rings. The van der Waals surface area contributed by atoms with Crippen LogP contribution in [-0.2, 0) is 6.54 Å². The van der Waals surface area contributed by atoms with Gasteiger partial charge in [-0.1, -0.05) is 36.4 Å². The second-order valence-corrected chi connectivity index (χ2v) is 6.58. The van der Waals surface area contributed by atoms with Gasteiger partial charge in [-0.15, -0.1) is 11.3 Å². The maximum absolute atomic E-state index is 5.36. The predicted octanol–water partition coefficient (Wildman–Crippen LogP) is 1.60. The first kappa shape index (κ1) is 15.9. The molecule has 2 rings (SSSR count). The number of hydrogen-bond donors (Lipinski definition) is 3. The summed E-state index contributed by atoms with van der Waals surface area (Å²) in [6.45, 7) is 1.59. The summed E-state index contributed by atoms with van der Waals surface area (Å²) in [5, 5.41) is 9.41. The summed E-state index contributed by atoms with van der Waals surface area (Å²) >= 11 is 7.16. The third-order valence-electron chi connectivity index (χ3n) is 3.35. The summed E-state index contributed by atoms with van der Waals surface area (Å²) in [5.41, 5.74) is 1.23. The van der Waals surface area contributed by atoms with Crippen LogP contribution in [0, 0.1) is 0 Å². The van der Waals surface area contributed by atoms with Crippen molar-refractivity contribution in [1.29, 1.82) is 0 Å². The fraction of sp³-hybridized carbons (Fsp3) is 0.312. The Hall–Kier alpha value is -1.43. The van der Waals surface area contributed by atoms with Crippen molar-refractivity contribution in [2.24, 2.45) is 0 Å². The Bertz CT molecular complexity index is 538. The zero-order valence-corrected chi connectivity index (χ0v) is 14.1. The van der Waals surface area contributed by atoms with E-state index in [0.29, 0.717) is 11.2 Å². The molecular formula is C16H22N3S2+. The Morgan fingerprint density at radius 2 is 1.90 bits per heavy atom. The standard InChI is InChI=1S/C16H21N3S2/c1-19(2)14(15-9-6-10-21-15)12-18-16(20)17-11-13-7-4-3-5-8-13/h3-10,14H,11-12H2,1-2H3,(H2,17,18,20)/p+1/t14-/m0/s1. The van der Waals surface area contributed by atoms with Crippen LogP contribution < -0.4 is 15.5 Å². The van der Waals surface area contributed by atoms with Crippen LogP contribution in [0.4, 0.5) is 0 Å². The van der Waals surface area contributed by atoms with Gasteiger partial charge in [0.1, 0.15) is 6.04 Å². The fourth-order valence-electron chi connectivity index (χ4n) is 2.11. The Labute approximate surface area is 136 Å². The monoisotopic (exact) mass is 320 g/mol. The van der Waals surface area contributed by atoms with E-state index in [0.717, 1.165) is 13.1 Å². The average molecular weight is 321 g/mol. The largest absolute Gasteiger partial charge is 0.359 e. The van der Waals surface area contributed by atoms with Crippen molar-refractivity contribution < 1.29 is 4.90 Å². The van der Waals surface area contributed by atoms with Crippen LogP contribution in [-0.4, -0.2) is 25.8 Å². The first-order valence-electron chi connectivity index (χ1n) is 7.06. The maximum atomic E-state index is 5.36. The molecule has 0 saturated carbocycles. The number of thiophene rings is 1. The Balaban J connectivity index is 1.80. The van der Waals surface area contributed by atoms with E-state index in [9.17, 15) is 0 Å². The SMILES string of the molecule is C[NH+](C)[C@@H](CNC(=S)NCc1ccccc1)c1cccs1. The van der Waals surface area contributed by atoms with Crippen molar-refractivity contribution >= 4 is 28.7 Å². The van der Waals surface area contributed by atoms with Crippen LogP contribution in [0.2, 0.25) is 0 Å². The van der Waals surface area contributed by atoms with E-state index in [-0.39, 0.29) is 0 Å². The predicted molar refractivity (Wildman–Crippen MR) is 93.8 cm³/mol. The molecule has 3 N–H and O–H groups in total. The second kappa shape index (κ2) is 8.12. The van der Waals surface area contributed by atoms with Gasteiger partial charge in [-0.2, -0.15) is 0 Å². The van der Waals surface area contributed by atoms with Crippen molar-refractivity contribution in [3.63, 3.8) is 0 Å². The lowest BCUT2D eigenvalue weighted by molar-refractivity contribution is -0.890. The number of quaternary nitrogens is 1. The van der Waals surface area contributed by atoms with Gasteiger partial charge in [0.05, 0.1) is 25.5 Å². The first-order chi connectivity index (χ1) is 10.2. The van der Waals surface area contributed by atoms with Gasteiger partial charge in [0, 0.05) is 6.54 Å². The van der Waals surface area contributed by atoms with Crippen molar-refractivity contribution in [1.82, 2.24) is 10.6 Å². The lowest BCUT2D eigenvalue weighted by Gasteiger charge is -2.21. The zero-order chi connectivity index (χ0) is 15.1. The molecule has 5 heteroatoms. The summed E-state index contributed by atoms with van der Waals surface area (Å²) < 4.78 is 0. The number of rotatable bonds is 6. The second-order valence-electron chi connectivity index (χ2n) is 5.19. The topological polar surface area (TPSA) is 28.5 Å². The van der Waals surface area contributed by atoms with Crippen LogP contribution in [0.3, 0.4) is 0 Å². The van der Waals surface area contributed by atoms with Crippen molar-refractivity contribution in [3.05, 3.63) is 58.3 Å².